The van der Waals surface area contributed by atoms with E-state index in [1.165, 1.54) is 26.5 Å². The molecule has 24 heavy (non-hydrogen) atoms. The predicted molar refractivity (Wildman–Crippen MR) is 89.4 cm³/mol. The number of methoxy groups -OCH3 is 2. The van der Waals surface area contributed by atoms with E-state index < -0.39 is 17.4 Å². The van der Waals surface area contributed by atoms with E-state index in [0.29, 0.717) is 16.3 Å². The summed E-state index contributed by atoms with van der Waals surface area (Å²) in [5.74, 6) is -0.996. The minimum absolute atomic E-state index is 0.0272. The van der Waals surface area contributed by atoms with Crippen LogP contribution in [-0.2, 0) is 0 Å². The molecule has 0 spiro atoms. The van der Waals surface area contributed by atoms with E-state index in [0.717, 1.165) is 6.07 Å². The number of nitrogens with one attached hydrogen (secondary N) is 1. The monoisotopic (exact) mass is 350 g/mol. The second-order valence-corrected chi connectivity index (χ2v) is 5.07. The summed E-state index contributed by atoms with van der Waals surface area (Å²) in [5, 5.41) is 23.5. The summed E-state index contributed by atoms with van der Waals surface area (Å²) in [6.07, 6.45) is 1.38. The third-order valence-electron chi connectivity index (χ3n) is 3.10. The standard InChI is InChI=1S/C16H15ClN2O5/c1-23-13-4-3-11(17)5-10(13)8-18-19-16(22)9-6-12(20)15(21)14(7-9)24-2/h3-8,20-21H,1-2H3,(H,19,22). The van der Waals surface area contributed by atoms with Crippen LogP contribution in [0.1, 0.15) is 15.9 Å². The zero-order chi connectivity index (χ0) is 17.7. The number of carbonyl (C=O) groups excluding carboxylic acids is 1. The Balaban J connectivity index is 2.16. The van der Waals surface area contributed by atoms with Gasteiger partial charge < -0.3 is 19.7 Å². The van der Waals surface area contributed by atoms with Gasteiger partial charge in [-0.3, -0.25) is 4.79 Å². The van der Waals surface area contributed by atoms with Gasteiger partial charge in [-0.1, -0.05) is 11.6 Å². The third-order valence-corrected chi connectivity index (χ3v) is 3.33. The molecule has 7 nitrogen and oxygen atoms in total. The van der Waals surface area contributed by atoms with E-state index in [1.807, 2.05) is 0 Å². The van der Waals surface area contributed by atoms with Crippen molar-refractivity contribution < 1.29 is 24.5 Å². The van der Waals surface area contributed by atoms with Crippen LogP contribution in [0.5, 0.6) is 23.0 Å². The Labute approximate surface area is 143 Å². The number of hydrogen-bond acceptors (Lipinski definition) is 6. The molecular formula is C16H15ClN2O5. The Morgan fingerprint density at radius 3 is 2.54 bits per heavy atom. The normalized spacial score (nSPS) is 10.6. The largest absolute Gasteiger partial charge is 0.504 e. The van der Waals surface area contributed by atoms with Crippen LogP contribution in [0, 0.1) is 0 Å². The molecule has 126 valence electrons. The quantitative estimate of drug-likeness (QED) is 0.437. The molecule has 3 N–H and O–H groups in total. The van der Waals surface area contributed by atoms with Gasteiger partial charge in [-0.2, -0.15) is 5.10 Å². The Morgan fingerprint density at radius 1 is 1.17 bits per heavy atom. The summed E-state index contributed by atoms with van der Waals surface area (Å²) in [6, 6.07) is 7.35. The van der Waals surface area contributed by atoms with E-state index in [-0.39, 0.29) is 11.3 Å². The smallest absolute Gasteiger partial charge is 0.271 e. The molecular weight excluding hydrogens is 336 g/mol. The van der Waals surface area contributed by atoms with Gasteiger partial charge in [-0.05, 0) is 30.3 Å². The number of phenols is 2. The number of phenolic OH excluding ortho intramolecular Hbond substituents is 2. The summed E-state index contributed by atoms with van der Waals surface area (Å²) in [4.78, 5) is 12.1. The van der Waals surface area contributed by atoms with Gasteiger partial charge in [0.2, 0.25) is 5.75 Å². The highest BCUT2D eigenvalue weighted by molar-refractivity contribution is 6.30. The summed E-state index contributed by atoms with van der Waals surface area (Å²) >= 11 is 5.91. The van der Waals surface area contributed by atoms with Gasteiger partial charge in [0, 0.05) is 16.1 Å². The molecule has 0 unspecified atom stereocenters. The maximum Gasteiger partial charge on any atom is 0.271 e. The second-order valence-electron chi connectivity index (χ2n) is 4.63. The van der Waals surface area contributed by atoms with Crippen molar-refractivity contribution in [1.29, 1.82) is 0 Å². The molecule has 0 saturated carbocycles. The second kappa shape index (κ2) is 7.56. The van der Waals surface area contributed by atoms with Crippen LogP contribution in [-0.4, -0.2) is 36.6 Å². The molecule has 2 aromatic rings. The molecule has 2 rings (SSSR count). The molecule has 0 aliphatic carbocycles. The average Bonchev–Trinajstić information content (AvgIpc) is 2.57. The van der Waals surface area contributed by atoms with E-state index in [9.17, 15) is 15.0 Å². The third kappa shape index (κ3) is 3.88. The molecule has 1 amide bonds. The summed E-state index contributed by atoms with van der Waals surface area (Å²) < 4.78 is 10.0. The first kappa shape index (κ1) is 17.4. The lowest BCUT2D eigenvalue weighted by molar-refractivity contribution is 0.0954. The van der Waals surface area contributed by atoms with Gasteiger partial charge in [0.25, 0.3) is 5.91 Å². The van der Waals surface area contributed by atoms with E-state index in [4.69, 9.17) is 21.1 Å². The van der Waals surface area contributed by atoms with Gasteiger partial charge >= 0.3 is 0 Å². The van der Waals surface area contributed by atoms with Gasteiger partial charge in [0.05, 0.1) is 20.4 Å². The number of benzene rings is 2. The molecule has 2 aromatic carbocycles. The fourth-order valence-electron chi connectivity index (χ4n) is 1.91. The average molecular weight is 351 g/mol. The zero-order valence-electron chi connectivity index (χ0n) is 12.9. The topological polar surface area (TPSA) is 100 Å². The van der Waals surface area contributed by atoms with E-state index >= 15 is 0 Å². The predicted octanol–water partition coefficient (Wildman–Crippen LogP) is 2.53. The number of hydrazone groups is 1. The molecule has 0 radical (unpaired) electrons. The lowest BCUT2D eigenvalue weighted by atomic mass is 10.1. The Bertz CT molecular complexity index is 792. The first-order valence-electron chi connectivity index (χ1n) is 6.73. The number of rotatable bonds is 5. The van der Waals surface area contributed by atoms with Crippen molar-refractivity contribution >= 4 is 23.7 Å². The van der Waals surface area contributed by atoms with E-state index in [2.05, 4.69) is 10.5 Å². The van der Waals surface area contributed by atoms with Crippen LogP contribution >= 0.6 is 11.6 Å². The van der Waals surface area contributed by atoms with Gasteiger partial charge in [-0.15, -0.1) is 0 Å². The van der Waals surface area contributed by atoms with Crippen molar-refractivity contribution in [2.45, 2.75) is 0 Å². The number of aromatic hydroxyl groups is 2. The number of hydrogen-bond donors (Lipinski definition) is 3. The molecule has 0 aromatic heterocycles. The Morgan fingerprint density at radius 2 is 1.88 bits per heavy atom. The van der Waals surface area contributed by atoms with Crippen molar-refractivity contribution in [2.24, 2.45) is 5.10 Å². The molecule has 0 heterocycles. The molecule has 0 saturated heterocycles. The summed E-state index contributed by atoms with van der Waals surface area (Å²) in [6.45, 7) is 0. The highest BCUT2D eigenvalue weighted by Crippen LogP contribution is 2.36. The lowest BCUT2D eigenvalue weighted by Crippen LogP contribution is -2.17. The summed E-state index contributed by atoms with van der Waals surface area (Å²) in [7, 11) is 2.81. The molecule has 8 heteroatoms. The molecule has 0 aliphatic rings. The lowest BCUT2D eigenvalue weighted by Gasteiger charge is -2.08. The number of halogens is 1. The van der Waals surface area contributed by atoms with Gasteiger partial charge in [-0.25, -0.2) is 5.43 Å². The van der Waals surface area contributed by atoms with Gasteiger partial charge in [0.1, 0.15) is 5.75 Å². The first-order chi connectivity index (χ1) is 11.5. The molecule has 0 bridgehead atoms. The van der Waals surface area contributed by atoms with Crippen LogP contribution in [0.15, 0.2) is 35.4 Å². The highest BCUT2D eigenvalue weighted by atomic mass is 35.5. The van der Waals surface area contributed by atoms with Crippen LogP contribution < -0.4 is 14.9 Å². The SMILES string of the molecule is COc1ccc(Cl)cc1C=NNC(=O)c1cc(O)c(O)c(OC)c1. The number of carbonyl (C=O) groups is 1. The zero-order valence-corrected chi connectivity index (χ0v) is 13.7. The Kier molecular flexibility index (Phi) is 5.49. The molecule has 0 aliphatic heterocycles. The van der Waals surface area contributed by atoms with Crippen molar-refractivity contribution in [3.8, 4) is 23.0 Å². The fourth-order valence-corrected chi connectivity index (χ4v) is 2.09. The van der Waals surface area contributed by atoms with Crippen LogP contribution in [0.3, 0.4) is 0 Å². The van der Waals surface area contributed by atoms with Crippen molar-refractivity contribution in [2.75, 3.05) is 14.2 Å². The van der Waals surface area contributed by atoms with Crippen LogP contribution in [0.4, 0.5) is 0 Å². The Hall–Kier alpha value is -2.93. The number of amides is 1. The van der Waals surface area contributed by atoms with E-state index in [1.54, 1.807) is 18.2 Å². The molecule has 0 fully saturated rings. The summed E-state index contributed by atoms with van der Waals surface area (Å²) in [5.41, 5.74) is 2.95. The number of nitrogens with zero attached hydrogens (tertiary/aromatic N) is 1. The first-order valence-corrected chi connectivity index (χ1v) is 7.11. The van der Waals surface area contributed by atoms with Crippen LogP contribution in [0.25, 0.3) is 0 Å². The van der Waals surface area contributed by atoms with Crippen molar-refractivity contribution in [1.82, 2.24) is 5.43 Å². The minimum Gasteiger partial charge on any atom is -0.504 e. The maximum atomic E-state index is 12.1. The van der Waals surface area contributed by atoms with Crippen molar-refractivity contribution in [3.63, 3.8) is 0 Å². The number of ether oxygens (including phenoxy) is 2. The molecule has 0 atom stereocenters. The fraction of sp³-hybridized carbons (Fsp3) is 0.125. The maximum absolute atomic E-state index is 12.1. The van der Waals surface area contributed by atoms with Crippen molar-refractivity contribution in [3.05, 3.63) is 46.5 Å². The van der Waals surface area contributed by atoms with Gasteiger partial charge in [0.15, 0.2) is 11.5 Å². The minimum atomic E-state index is -0.596. The highest BCUT2D eigenvalue weighted by Gasteiger charge is 2.14. The van der Waals surface area contributed by atoms with Crippen LogP contribution in [0.2, 0.25) is 5.02 Å².